The molecule has 0 saturated carbocycles. The fourth-order valence-electron chi connectivity index (χ4n) is 0.857. The van der Waals surface area contributed by atoms with Gasteiger partial charge in [0.2, 0.25) is 6.73 Å². The van der Waals surface area contributed by atoms with Gasteiger partial charge in [0.25, 0.3) is 0 Å². The van der Waals surface area contributed by atoms with Crippen molar-refractivity contribution in [3.8, 4) is 5.75 Å². The van der Waals surface area contributed by atoms with E-state index in [0.29, 0.717) is 0 Å². The van der Waals surface area contributed by atoms with Gasteiger partial charge in [0, 0.05) is 0 Å². The molecular weight excluding hydrogens is 162 g/mol. The van der Waals surface area contributed by atoms with E-state index in [-0.39, 0.29) is 0 Å². The molecule has 1 aromatic carbocycles. The van der Waals surface area contributed by atoms with Gasteiger partial charge in [0.1, 0.15) is 5.75 Å². The second-order valence-corrected chi connectivity index (χ2v) is 3.84. The van der Waals surface area contributed by atoms with Gasteiger partial charge in [-0.15, -0.1) is 0 Å². The van der Waals surface area contributed by atoms with E-state index >= 15 is 0 Å². The van der Waals surface area contributed by atoms with Crippen molar-refractivity contribution in [3.05, 3.63) is 30.3 Å². The molecule has 0 aliphatic heterocycles. The maximum atomic E-state index is 5.63. The Bertz CT molecular complexity index is 244. The second kappa shape index (κ2) is 4.28. The van der Waals surface area contributed by atoms with Gasteiger partial charge in [-0.05, 0) is 19.1 Å². The summed E-state index contributed by atoms with van der Waals surface area (Å²) >= 11 is 0. The highest BCUT2D eigenvalue weighted by molar-refractivity contribution is 5.20. The Morgan fingerprint density at radius 1 is 1.15 bits per heavy atom. The lowest BCUT2D eigenvalue weighted by Gasteiger charge is -2.27. The molecule has 72 valence electrons. The molecule has 0 N–H and O–H groups in total. The Kier molecular flexibility index (Phi) is 3.32. The fraction of sp³-hybridized carbons (Fsp3) is 0.455. The Labute approximate surface area is 80.3 Å². The molecule has 0 saturated heterocycles. The van der Waals surface area contributed by atoms with Crippen LogP contribution in [0.1, 0.15) is 6.92 Å². The van der Waals surface area contributed by atoms with Crippen molar-refractivity contribution in [2.45, 2.75) is 6.92 Å². The minimum Gasteiger partial charge on any atom is -0.445 e. The van der Waals surface area contributed by atoms with Crippen LogP contribution in [-0.4, -0.2) is 31.9 Å². The van der Waals surface area contributed by atoms with E-state index in [1.165, 1.54) is 0 Å². The zero-order valence-electron chi connectivity index (χ0n) is 8.66. The smallest absolute Gasteiger partial charge is 0.223 e. The predicted octanol–water partition coefficient (Wildman–Crippen LogP) is 2.12. The Balaban J connectivity index is 2.44. The van der Waals surface area contributed by atoms with Crippen molar-refractivity contribution in [1.29, 1.82) is 0 Å². The Hall–Kier alpha value is -1.02. The highest BCUT2D eigenvalue weighted by atomic mass is 16.5. The van der Waals surface area contributed by atoms with Crippen LogP contribution in [0, 0.1) is 0 Å². The van der Waals surface area contributed by atoms with Gasteiger partial charge < -0.3 is 4.74 Å². The highest BCUT2D eigenvalue weighted by Gasteiger charge is 2.11. The number of nitrogens with zero attached hydrogens (tertiary/aromatic N) is 1. The molecular formula is C11H18NO+. The quantitative estimate of drug-likeness (QED) is 0.509. The third-order valence-corrected chi connectivity index (χ3v) is 2.18. The molecule has 0 atom stereocenters. The molecule has 0 radical (unpaired) electrons. The van der Waals surface area contributed by atoms with E-state index < -0.39 is 0 Å². The summed E-state index contributed by atoms with van der Waals surface area (Å²) in [6.07, 6.45) is 0. The molecule has 0 heterocycles. The third kappa shape index (κ3) is 3.47. The van der Waals surface area contributed by atoms with Crippen LogP contribution >= 0.6 is 0 Å². The molecule has 0 fully saturated rings. The lowest BCUT2D eigenvalue weighted by molar-refractivity contribution is -0.903. The highest BCUT2D eigenvalue weighted by Crippen LogP contribution is 2.09. The van der Waals surface area contributed by atoms with Gasteiger partial charge in [-0.25, -0.2) is 0 Å². The number of rotatable bonds is 4. The van der Waals surface area contributed by atoms with Gasteiger partial charge in [-0.1, -0.05) is 18.2 Å². The maximum Gasteiger partial charge on any atom is 0.223 e. The zero-order chi connectivity index (χ0) is 9.73. The van der Waals surface area contributed by atoms with E-state index in [1.54, 1.807) is 0 Å². The summed E-state index contributed by atoms with van der Waals surface area (Å²) in [5, 5.41) is 0. The normalized spacial score (nSPS) is 11.3. The molecule has 0 aromatic heterocycles. The van der Waals surface area contributed by atoms with Gasteiger partial charge in [0.05, 0.1) is 20.6 Å². The molecule has 1 aromatic rings. The van der Waals surface area contributed by atoms with Crippen molar-refractivity contribution >= 4 is 0 Å². The fourth-order valence-corrected chi connectivity index (χ4v) is 0.857. The van der Waals surface area contributed by atoms with Gasteiger partial charge in [0.15, 0.2) is 0 Å². The van der Waals surface area contributed by atoms with E-state index in [0.717, 1.165) is 23.5 Å². The first kappa shape index (κ1) is 10.1. The molecule has 1 rings (SSSR count). The lowest BCUT2D eigenvalue weighted by Crippen LogP contribution is -2.42. The van der Waals surface area contributed by atoms with Crippen LogP contribution in [0.4, 0.5) is 0 Å². The summed E-state index contributed by atoms with van der Waals surface area (Å²) in [5.74, 6) is 0.946. The number of para-hydroxylation sites is 1. The maximum absolute atomic E-state index is 5.63. The summed E-state index contributed by atoms with van der Waals surface area (Å²) in [7, 11) is 4.31. The average molecular weight is 180 g/mol. The van der Waals surface area contributed by atoms with Gasteiger partial charge in [-0.2, -0.15) is 0 Å². The number of hydrogen-bond acceptors (Lipinski definition) is 1. The number of quaternary nitrogens is 1. The minimum absolute atomic E-state index is 0.723. The molecule has 0 spiro atoms. The van der Waals surface area contributed by atoms with Crippen LogP contribution in [-0.2, 0) is 0 Å². The van der Waals surface area contributed by atoms with Crippen molar-refractivity contribution in [3.63, 3.8) is 0 Å². The molecule has 13 heavy (non-hydrogen) atoms. The molecule has 2 nitrogen and oxygen atoms in total. The molecule has 0 unspecified atom stereocenters. The van der Waals surface area contributed by atoms with Crippen molar-refractivity contribution in [1.82, 2.24) is 0 Å². The summed E-state index contributed by atoms with van der Waals surface area (Å²) in [5.41, 5.74) is 0. The lowest BCUT2D eigenvalue weighted by atomic mass is 10.3. The summed E-state index contributed by atoms with van der Waals surface area (Å²) in [4.78, 5) is 0. The summed E-state index contributed by atoms with van der Waals surface area (Å²) in [6, 6.07) is 9.93. The average Bonchev–Trinajstić information content (AvgIpc) is 2.17. The van der Waals surface area contributed by atoms with Crippen molar-refractivity contribution in [2.24, 2.45) is 0 Å². The van der Waals surface area contributed by atoms with Crippen LogP contribution in [0.3, 0.4) is 0 Å². The zero-order valence-corrected chi connectivity index (χ0v) is 8.66. The van der Waals surface area contributed by atoms with Crippen LogP contribution in [0.5, 0.6) is 5.75 Å². The first-order valence-electron chi connectivity index (χ1n) is 4.64. The van der Waals surface area contributed by atoms with Crippen LogP contribution < -0.4 is 4.74 Å². The molecule has 0 aliphatic rings. The molecule has 2 heteroatoms. The topological polar surface area (TPSA) is 9.23 Å². The number of benzene rings is 1. The first-order chi connectivity index (χ1) is 6.14. The summed E-state index contributed by atoms with van der Waals surface area (Å²) in [6.45, 7) is 3.96. The standard InChI is InChI=1S/C11H18NO/c1-4-12(2,3)10-13-11-8-6-5-7-9-11/h5-9H,4,10H2,1-3H3/q+1. The monoisotopic (exact) mass is 180 g/mol. The number of hydrogen-bond donors (Lipinski definition) is 0. The Morgan fingerprint density at radius 3 is 2.31 bits per heavy atom. The molecule has 0 amide bonds. The second-order valence-electron chi connectivity index (χ2n) is 3.84. The van der Waals surface area contributed by atoms with Crippen LogP contribution in [0.2, 0.25) is 0 Å². The third-order valence-electron chi connectivity index (χ3n) is 2.18. The van der Waals surface area contributed by atoms with E-state index in [9.17, 15) is 0 Å². The van der Waals surface area contributed by atoms with Crippen molar-refractivity contribution < 1.29 is 9.22 Å². The first-order valence-corrected chi connectivity index (χ1v) is 4.64. The van der Waals surface area contributed by atoms with E-state index in [2.05, 4.69) is 21.0 Å². The SMILES string of the molecule is CC[N+](C)(C)COc1ccccc1. The van der Waals surface area contributed by atoms with Crippen LogP contribution in [0.25, 0.3) is 0 Å². The predicted molar refractivity (Wildman–Crippen MR) is 54.6 cm³/mol. The number of ether oxygens (including phenoxy) is 1. The molecule has 0 bridgehead atoms. The van der Waals surface area contributed by atoms with E-state index in [4.69, 9.17) is 4.74 Å². The van der Waals surface area contributed by atoms with Crippen molar-refractivity contribution in [2.75, 3.05) is 27.4 Å². The minimum atomic E-state index is 0.723. The van der Waals surface area contributed by atoms with Gasteiger partial charge >= 0.3 is 0 Å². The van der Waals surface area contributed by atoms with Crippen LogP contribution in [0.15, 0.2) is 30.3 Å². The molecule has 0 aliphatic carbocycles. The van der Waals surface area contributed by atoms with Gasteiger partial charge in [-0.3, -0.25) is 4.48 Å². The Morgan fingerprint density at radius 2 is 1.77 bits per heavy atom. The largest absolute Gasteiger partial charge is 0.445 e. The summed E-state index contributed by atoms with van der Waals surface area (Å²) < 4.78 is 6.52. The van der Waals surface area contributed by atoms with E-state index in [1.807, 2.05) is 30.3 Å².